The van der Waals surface area contributed by atoms with E-state index in [0.29, 0.717) is 19.4 Å². The number of rotatable bonds is 7. The van der Waals surface area contributed by atoms with Crippen LogP contribution in [0, 0.1) is 0 Å². The van der Waals surface area contributed by atoms with Crippen LogP contribution in [0.1, 0.15) is 19.8 Å². The van der Waals surface area contributed by atoms with E-state index in [4.69, 9.17) is 10.5 Å². The molecular formula is C14H29N5O3. The SMILES string of the molecule is COC(=O)[C@H](CCCN=C(N(C)C)N(C)C)NC(=O)[C@H](C)N. The predicted molar refractivity (Wildman–Crippen MR) is 86.5 cm³/mol. The summed E-state index contributed by atoms with van der Waals surface area (Å²) in [4.78, 5) is 31.6. The molecule has 0 bridgehead atoms. The number of esters is 1. The van der Waals surface area contributed by atoms with E-state index in [2.05, 4.69) is 10.3 Å². The van der Waals surface area contributed by atoms with E-state index in [1.54, 1.807) is 6.92 Å². The molecule has 8 heteroatoms. The normalized spacial score (nSPS) is 12.9. The third-order valence-corrected chi connectivity index (χ3v) is 2.92. The van der Waals surface area contributed by atoms with E-state index in [1.165, 1.54) is 7.11 Å². The molecular weight excluding hydrogens is 286 g/mol. The van der Waals surface area contributed by atoms with E-state index in [-0.39, 0.29) is 5.91 Å². The van der Waals surface area contributed by atoms with Crippen molar-refractivity contribution in [1.82, 2.24) is 15.1 Å². The van der Waals surface area contributed by atoms with Crippen LogP contribution in [0.25, 0.3) is 0 Å². The van der Waals surface area contributed by atoms with E-state index in [1.807, 2.05) is 38.0 Å². The molecule has 0 aliphatic rings. The topological polar surface area (TPSA) is 100 Å². The number of hydrogen-bond acceptors (Lipinski definition) is 5. The molecule has 0 saturated heterocycles. The first-order chi connectivity index (χ1) is 10.2. The molecule has 0 unspecified atom stereocenters. The molecule has 0 aliphatic heterocycles. The molecule has 0 aromatic carbocycles. The van der Waals surface area contributed by atoms with Gasteiger partial charge in [-0.3, -0.25) is 9.79 Å². The van der Waals surface area contributed by atoms with Gasteiger partial charge < -0.3 is 25.6 Å². The molecule has 0 aromatic heterocycles. The van der Waals surface area contributed by atoms with Crippen molar-refractivity contribution < 1.29 is 14.3 Å². The van der Waals surface area contributed by atoms with Crippen molar-refractivity contribution in [2.75, 3.05) is 41.8 Å². The van der Waals surface area contributed by atoms with E-state index in [0.717, 1.165) is 5.96 Å². The fourth-order valence-corrected chi connectivity index (χ4v) is 1.85. The van der Waals surface area contributed by atoms with Gasteiger partial charge in [0.1, 0.15) is 6.04 Å². The van der Waals surface area contributed by atoms with Crippen LogP contribution in [0.2, 0.25) is 0 Å². The maximum absolute atomic E-state index is 11.7. The van der Waals surface area contributed by atoms with Gasteiger partial charge in [0.25, 0.3) is 0 Å². The molecule has 0 saturated carbocycles. The quantitative estimate of drug-likeness (QED) is 0.277. The van der Waals surface area contributed by atoms with Crippen molar-refractivity contribution in [1.29, 1.82) is 0 Å². The number of carbonyl (C=O) groups is 2. The molecule has 0 spiro atoms. The van der Waals surface area contributed by atoms with Crippen LogP contribution in [-0.4, -0.2) is 81.6 Å². The average Bonchev–Trinajstić information content (AvgIpc) is 2.43. The molecule has 1 amide bonds. The minimum atomic E-state index is -0.694. The third-order valence-electron chi connectivity index (χ3n) is 2.92. The predicted octanol–water partition coefficient (Wildman–Crippen LogP) is -0.749. The van der Waals surface area contributed by atoms with Crippen LogP contribution in [0.3, 0.4) is 0 Å². The summed E-state index contributed by atoms with van der Waals surface area (Å²) in [6, 6.07) is -1.36. The second-order valence-electron chi connectivity index (χ2n) is 5.49. The number of methoxy groups -OCH3 is 1. The van der Waals surface area contributed by atoms with E-state index < -0.39 is 18.1 Å². The molecule has 22 heavy (non-hydrogen) atoms. The lowest BCUT2D eigenvalue weighted by atomic mass is 10.1. The fourth-order valence-electron chi connectivity index (χ4n) is 1.85. The Morgan fingerprint density at radius 3 is 2.18 bits per heavy atom. The monoisotopic (exact) mass is 315 g/mol. The van der Waals surface area contributed by atoms with Gasteiger partial charge in [-0.25, -0.2) is 4.79 Å². The zero-order chi connectivity index (χ0) is 17.3. The summed E-state index contributed by atoms with van der Waals surface area (Å²) in [6.07, 6.45) is 1.09. The molecule has 8 nitrogen and oxygen atoms in total. The maximum Gasteiger partial charge on any atom is 0.328 e. The van der Waals surface area contributed by atoms with Crippen LogP contribution in [0.15, 0.2) is 4.99 Å². The van der Waals surface area contributed by atoms with Gasteiger partial charge in [0.2, 0.25) is 5.91 Å². The van der Waals surface area contributed by atoms with Gasteiger partial charge in [-0.2, -0.15) is 0 Å². The zero-order valence-corrected chi connectivity index (χ0v) is 14.4. The number of ether oxygens (including phenoxy) is 1. The number of aliphatic imine (C=N–C) groups is 1. The summed E-state index contributed by atoms with van der Waals surface area (Å²) in [7, 11) is 8.96. The summed E-state index contributed by atoms with van der Waals surface area (Å²) in [5.41, 5.74) is 5.49. The van der Waals surface area contributed by atoms with Crippen molar-refractivity contribution in [3.8, 4) is 0 Å². The summed E-state index contributed by atoms with van der Waals surface area (Å²) >= 11 is 0. The largest absolute Gasteiger partial charge is 0.467 e. The molecule has 0 fully saturated rings. The number of nitrogens with zero attached hydrogens (tertiary/aromatic N) is 3. The number of nitrogens with two attached hydrogens (primary N) is 1. The van der Waals surface area contributed by atoms with Crippen molar-refractivity contribution in [3.63, 3.8) is 0 Å². The highest BCUT2D eigenvalue weighted by Crippen LogP contribution is 2.02. The second kappa shape index (κ2) is 9.99. The van der Waals surface area contributed by atoms with Gasteiger partial charge in [0.05, 0.1) is 13.2 Å². The number of guanidine groups is 1. The molecule has 0 heterocycles. The first-order valence-electron chi connectivity index (χ1n) is 7.23. The van der Waals surface area contributed by atoms with Crippen LogP contribution in [0.4, 0.5) is 0 Å². The lowest BCUT2D eigenvalue weighted by Crippen LogP contribution is -2.47. The maximum atomic E-state index is 11.7. The van der Waals surface area contributed by atoms with Crippen molar-refractivity contribution in [3.05, 3.63) is 0 Å². The average molecular weight is 315 g/mol. The Bertz CT molecular complexity index is 384. The standard InChI is InChI=1S/C14H29N5O3/c1-10(15)12(20)17-11(13(21)22-6)8-7-9-16-14(18(2)3)19(4)5/h10-11H,7-9,15H2,1-6H3,(H,17,20)/t10-,11-/m0/s1. The van der Waals surface area contributed by atoms with Gasteiger partial charge in [-0.15, -0.1) is 0 Å². The minimum absolute atomic E-state index is 0.374. The van der Waals surface area contributed by atoms with Crippen LogP contribution >= 0.6 is 0 Å². The summed E-state index contributed by atoms with van der Waals surface area (Å²) in [5.74, 6) is -0.00571. The Morgan fingerprint density at radius 2 is 1.77 bits per heavy atom. The third kappa shape index (κ3) is 7.26. The Hall–Kier alpha value is -1.83. The Balaban J connectivity index is 4.55. The first kappa shape index (κ1) is 20.2. The van der Waals surface area contributed by atoms with Gasteiger partial charge in [-0.1, -0.05) is 0 Å². The molecule has 3 N–H and O–H groups in total. The molecule has 0 radical (unpaired) electrons. The molecule has 128 valence electrons. The zero-order valence-electron chi connectivity index (χ0n) is 14.4. The van der Waals surface area contributed by atoms with Gasteiger partial charge in [-0.05, 0) is 19.8 Å². The lowest BCUT2D eigenvalue weighted by molar-refractivity contribution is -0.145. The highest BCUT2D eigenvalue weighted by molar-refractivity contribution is 5.87. The molecule has 0 aliphatic carbocycles. The Labute approximate surface area is 132 Å². The van der Waals surface area contributed by atoms with Crippen LogP contribution in [0.5, 0.6) is 0 Å². The minimum Gasteiger partial charge on any atom is -0.467 e. The van der Waals surface area contributed by atoms with Gasteiger partial charge in [0, 0.05) is 34.7 Å². The molecule has 2 atom stereocenters. The summed E-state index contributed by atoms with van der Waals surface area (Å²) in [6.45, 7) is 2.11. The smallest absolute Gasteiger partial charge is 0.328 e. The lowest BCUT2D eigenvalue weighted by Gasteiger charge is -2.23. The second-order valence-corrected chi connectivity index (χ2v) is 5.49. The Kier molecular flexibility index (Phi) is 9.16. The van der Waals surface area contributed by atoms with Crippen molar-refractivity contribution in [2.45, 2.75) is 31.8 Å². The number of nitrogens with one attached hydrogen (secondary N) is 1. The molecule has 0 rings (SSSR count). The van der Waals surface area contributed by atoms with Crippen LogP contribution < -0.4 is 11.1 Å². The van der Waals surface area contributed by atoms with Crippen LogP contribution in [-0.2, 0) is 14.3 Å². The number of carbonyl (C=O) groups excluding carboxylic acids is 2. The van der Waals surface area contributed by atoms with E-state index >= 15 is 0 Å². The van der Waals surface area contributed by atoms with Gasteiger partial charge >= 0.3 is 5.97 Å². The number of hydrogen-bond donors (Lipinski definition) is 2. The molecule has 0 aromatic rings. The van der Waals surface area contributed by atoms with Gasteiger partial charge in [0.15, 0.2) is 5.96 Å². The highest BCUT2D eigenvalue weighted by atomic mass is 16.5. The fraction of sp³-hybridized carbons (Fsp3) is 0.786. The van der Waals surface area contributed by atoms with Crippen molar-refractivity contribution in [2.24, 2.45) is 10.7 Å². The summed E-state index contributed by atoms with van der Waals surface area (Å²) < 4.78 is 4.70. The number of amides is 1. The highest BCUT2D eigenvalue weighted by Gasteiger charge is 2.22. The Morgan fingerprint density at radius 1 is 1.23 bits per heavy atom. The van der Waals surface area contributed by atoms with Crippen molar-refractivity contribution >= 4 is 17.8 Å². The first-order valence-corrected chi connectivity index (χ1v) is 7.23. The van der Waals surface area contributed by atoms with E-state index in [9.17, 15) is 9.59 Å². The summed E-state index contributed by atoms with van der Waals surface area (Å²) in [5, 5.41) is 2.59.